The van der Waals surface area contributed by atoms with E-state index in [1.54, 1.807) is 0 Å². The zero-order valence-corrected chi connectivity index (χ0v) is 7.12. The summed E-state index contributed by atoms with van der Waals surface area (Å²) >= 11 is 0. The Labute approximate surface area is 68.2 Å². The van der Waals surface area contributed by atoms with Crippen LogP contribution < -0.4 is 0 Å². The van der Waals surface area contributed by atoms with Crippen molar-refractivity contribution in [2.75, 3.05) is 6.54 Å². The number of hydrogen-bond acceptors (Lipinski definition) is 2. The molecule has 2 heteroatoms. The molecule has 0 aliphatic carbocycles. The van der Waals surface area contributed by atoms with Crippen molar-refractivity contribution in [2.24, 2.45) is 5.92 Å². The quantitative estimate of drug-likeness (QED) is 0.560. The SMILES string of the molecule is C#CN1C[C@@H](O)CC1C(C)C. The van der Waals surface area contributed by atoms with E-state index < -0.39 is 0 Å². The minimum Gasteiger partial charge on any atom is -0.391 e. The average Bonchev–Trinajstić information content (AvgIpc) is 2.30. The lowest BCUT2D eigenvalue weighted by molar-refractivity contribution is 0.186. The number of terminal acetylenes is 1. The molecule has 0 bridgehead atoms. The maximum atomic E-state index is 9.31. The second-order valence-corrected chi connectivity index (χ2v) is 3.48. The smallest absolute Gasteiger partial charge is 0.0742 e. The summed E-state index contributed by atoms with van der Waals surface area (Å²) in [5.74, 6) is 0.531. The second-order valence-electron chi connectivity index (χ2n) is 3.48. The van der Waals surface area contributed by atoms with Crippen LogP contribution in [0.2, 0.25) is 0 Å². The van der Waals surface area contributed by atoms with Gasteiger partial charge in [-0.15, -0.1) is 0 Å². The van der Waals surface area contributed by atoms with E-state index in [2.05, 4.69) is 19.9 Å². The van der Waals surface area contributed by atoms with Gasteiger partial charge in [0.25, 0.3) is 0 Å². The fourth-order valence-electron chi connectivity index (χ4n) is 1.62. The van der Waals surface area contributed by atoms with Crippen molar-refractivity contribution in [1.82, 2.24) is 4.90 Å². The maximum absolute atomic E-state index is 9.31. The van der Waals surface area contributed by atoms with Crippen LogP contribution in [0.1, 0.15) is 20.3 Å². The van der Waals surface area contributed by atoms with Gasteiger partial charge < -0.3 is 10.0 Å². The maximum Gasteiger partial charge on any atom is 0.0742 e. The van der Waals surface area contributed by atoms with Gasteiger partial charge in [-0.25, -0.2) is 0 Å². The molecule has 0 radical (unpaired) electrons. The summed E-state index contributed by atoms with van der Waals surface area (Å²) < 4.78 is 0. The van der Waals surface area contributed by atoms with Crippen molar-refractivity contribution in [2.45, 2.75) is 32.4 Å². The van der Waals surface area contributed by atoms with Gasteiger partial charge in [0.2, 0.25) is 0 Å². The molecule has 1 rings (SSSR count). The van der Waals surface area contributed by atoms with E-state index in [9.17, 15) is 5.11 Å². The summed E-state index contributed by atoms with van der Waals surface area (Å²) in [7, 11) is 0. The fraction of sp³-hybridized carbons (Fsp3) is 0.778. The van der Waals surface area contributed by atoms with E-state index in [1.165, 1.54) is 0 Å². The third kappa shape index (κ3) is 1.66. The molecule has 2 nitrogen and oxygen atoms in total. The van der Waals surface area contributed by atoms with Gasteiger partial charge >= 0.3 is 0 Å². The molecule has 11 heavy (non-hydrogen) atoms. The van der Waals surface area contributed by atoms with Crippen molar-refractivity contribution in [3.63, 3.8) is 0 Å². The number of hydrogen-bond donors (Lipinski definition) is 1. The highest BCUT2D eigenvalue weighted by Crippen LogP contribution is 2.22. The Bertz CT molecular complexity index is 171. The van der Waals surface area contributed by atoms with E-state index in [0.717, 1.165) is 6.42 Å². The largest absolute Gasteiger partial charge is 0.391 e. The Morgan fingerprint density at radius 1 is 1.64 bits per heavy atom. The van der Waals surface area contributed by atoms with Crippen LogP contribution in [0, 0.1) is 18.4 Å². The molecule has 1 unspecified atom stereocenters. The van der Waals surface area contributed by atoms with Crippen molar-refractivity contribution < 1.29 is 5.11 Å². The minimum atomic E-state index is -0.224. The summed E-state index contributed by atoms with van der Waals surface area (Å²) in [4.78, 5) is 1.90. The Balaban J connectivity index is 2.59. The number of aliphatic hydroxyl groups is 1. The minimum absolute atomic E-state index is 0.224. The molecule has 0 aromatic heterocycles. The van der Waals surface area contributed by atoms with Crippen LogP contribution >= 0.6 is 0 Å². The Morgan fingerprint density at radius 3 is 2.64 bits per heavy atom. The summed E-state index contributed by atoms with van der Waals surface area (Å²) in [6.45, 7) is 4.90. The highest BCUT2D eigenvalue weighted by molar-refractivity contribution is 4.98. The van der Waals surface area contributed by atoms with E-state index >= 15 is 0 Å². The Morgan fingerprint density at radius 2 is 2.27 bits per heavy atom. The van der Waals surface area contributed by atoms with Gasteiger partial charge in [-0.3, -0.25) is 0 Å². The molecule has 1 N–H and O–H groups in total. The second kappa shape index (κ2) is 3.15. The highest BCUT2D eigenvalue weighted by Gasteiger charge is 2.30. The highest BCUT2D eigenvalue weighted by atomic mass is 16.3. The van der Waals surface area contributed by atoms with Gasteiger partial charge in [-0.1, -0.05) is 20.3 Å². The molecule has 0 amide bonds. The van der Waals surface area contributed by atoms with Crippen LogP contribution in [0.5, 0.6) is 0 Å². The van der Waals surface area contributed by atoms with E-state index in [0.29, 0.717) is 18.5 Å². The van der Waals surface area contributed by atoms with Crippen molar-refractivity contribution in [3.05, 3.63) is 0 Å². The molecule has 0 aromatic rings. The first kappa shape index (κ1) is 8.42. The molecule has 0 spiro atoms. The van der Waals surface area contributed by atoms with Gasteiger partial charge in [0.05, 0.1) is 12.6 Å². The van der Waals surface area contributed by atoms with Crippen LogP contribution in [-0.4, -0.2) is 28.7 Å². The molecule has 0 aromatic carbocycles. The fourth-order valence-corrected chi connectivity index (χ4v) is 1.62. The summed E-state index contributed by atoms with van der Waals surface area (Å²) in [5.41, 5.74) is 0. The number of aliphatic hydroxyl groups excluding tert-OH is 1. The molecule has 1 saturated heterocycles. The van der Waals surface area contributed by atoms with Crippen LogP contribution in [-0.2, 0) is 0 Å². The Kier molecular flexibility index (Phi) is 2.41. The topological polar surface area (TPSA) is 23.5 Å². The van der Waals surface area contributed by atoms with E-state index in [-0.39, 0.29) is 6.10 Å². The third-order valence-electron chi connectivity index (χ3n) is 2.26. The van der Waals surface area contributed by atoms with Gasteiger partial charge in [0.1, 0.15) is 0 Å². The Hall–Kier alpha value is -0.680. The van der Waals surface area contributed by atoms with Crippen molar-refractivity contribution in [1.29, 1.82) is 0 Å². The van der Waals surface area contributed by atoms with Gasteiger partial charge in [0.15, 0.2) is 0 Å². The number of likely N-dealkylation sites (tertiary alicyclic amines) is 1. The first-order valence-electron chi connectivity index (χ1n) is 4.06. The van der Waals surface area contributed by atoms with Crippen LogP contribution in [0.3, 0.4) is 0 Å². The lowest BCUT2D eigenvalue weighted by Gasteiger charge is -2.22. The van der Waals surface area contributed by atoms with Crippen LogP contribution in [0.15, 0.2) is 0 Å². The molecule has 1 heterocycles. The van der Waals surface area contributed by atoms with Gasteiger partial charge in [-0.2, -0.15) is 0 Å². The summed E-state index contributed by atoms with van der Waals surface area (Å²) in [6, 6.07) is 2.97. The molecule has 1 aliphatic heterocycles. The monoisotopic (exact) mass is 153 g/mol. The van der Waals surface area contributed by atoms with Crippen molar-refractivity contribution in [3.8, 4) is 12.5 Å². The normalized spacial score (nSPS) is 31.0. The molecule has 62 valence electrons. The lowest BCUT2D eigenvalue weighted by Crippen LogP contribution is -2.29. The standard InChI is InChI=1S/C9H15NO/c1-4-10-6-8(11)5-9(10)7(2)3/h1,7-9,11H,5-6H2,2-3H3/t8-,9?/m0/s1. The molecular weight excluding hydrogens is 138 g/mol. The first-order chi connectivity index (χ1) is 5.15. The number of nitrogens with zero attached hydrogens (tertiary/aromatic N) is 1. The van der Waals surface area contributed by atoms with Crippen LogP contribution in [0.25, 0.3) is 0 Å². The number of β-amino-alcohol motifs (C(OH)–C–C–N with tert-alkyl or cyclic N) is 1. The van der Waals surface area contributed by atoms with Crippen molar-refractivity contribution >= 4 is 0 Å². The predicted octanol–water partition coefficient (Wildman–Crippen LogP) is 0.668. The van der Waals surface area contributed by atoms with Gasteiger partial charge in [0, 0.05) is 12.1 Å². The first-order valence-corrected chi connectivity index (χ1v) is 4.06. The summed E-state index contributed by atoms with van der Waals surface area (Å²) in [6.07, 6.45) is 5.89. The average molecular weight is 153 g/mol. The molecule has 0 saturated carbocycles. The van der Waals surface area contributed by atoms with Gasteiger partial charge in [-0.05, 0) is 12.3 Å². The lowest BCUT2D eigenvalue weighted by atomic mass is 10.0. The van der Waals surface area contributed by atoms with Crippen LogP contribution in [0.4, 0.5) is 0 Å². The molecule has 2 atom stereocenters. The summed E-state index contributed by atoms with van der Waals surface area (Å²) in [5, 5.41) is 9.31. The zero-order chi connectivity index (χ0) is 8.43. The third-order valence-corrected chi connectivity index (χ3v) is 2.26. The molecule has 1 fully saturated rings. The zero-order valence-electron chi connectivity index (χ0n) is 7.12. The number of rotatable bonds is 1. The van der Waals surface area contributed by atoms with E-state index in [4.69, 9.17) is 6.42 Å². The van der Waals surface area contributed by atoms with E-state index in [1.807, 2.05) is 4.90 Å². The molecule has 1 aliphatic rings. The predicted molar refractivity (Wildman–Crippen MR) is 44.8 cm³/mol. The molecular formula is C9H15NO.